The molecule has 34 heavy (non-hydrogen) atoms. The summed E-state index contributed by atoms with van der Waals surface area (Å²) in [6, 6.07) is 20.4. The summed E-state index contributed by atoms with van der Waals surface area (Å²) in [5.74, 6) is 4.45. The third kappa shape index (κ3) is 5.99. The summed E-state index contributed by atoms with van der Waals surface area (Å²) in [6.07, 6.45) is 3.66. The topological polar surface area (TPSA) is 9.23 Å². The van der Waals surface area contributed by atoms with Crippen molar-refractivity contribution in [3.8, 4) is 17.6 Å². The van der Waals surface area contributed by atoms with Crippen LogP contribution in [0.1, 0.15) is 42.0 Å². The van der Waals surface area contributed by atoms with Gasteiger partial charge in [-0.1, -0.05) is 49.5 Å². The average molecular weight is 459 g/mol. The van der Waals surface area contributed by atoms with Gasteiger partial charge in [0.15, 0.2) is 11.6 Å². The maximum atomic E-state index is 14.6. The smallest absolute Gasteiger partial charge is 0.159 e. The summed E-state index contributed by atoms with van der Waals surface area (Å²) in [5, 5.41) is 1.13. The standard InChI is InChI=1S/C30H25F3O/c1-2-3-16-34-27-14-9-21(10-15-27)4-5-23-7-12-24(28(31)18-23)11-6-22-8-13-25-19-29(32)30(33)20-26(25)17-22/h7-10,12-15,17-20H,2-5,16H2,1H3. The summed E-state index contributed by atoms with van der Waals surface area (Å²) in [5.41, 5.74) is 2.96. The highest BCUT2D eigenvalue weighted by Crippen LogP contribution is 2.20. The molecule has 0 saturated heterocycles. The molecule has 172 valence electrons. The molecule has 0 fully saturated rings. The molecule has 4 rings (SSSR count). The third-order valence-electron chi connectivity index (χ3n) is 5.65. The van der Waals surface area contributed by atoms with Crippen LogP contribution in [0.4, 0.5) is 13.2 Å². The van der Waals surface area contributed by atoms with Gasteiger partial charge in [-0.2, -0.15) is 0 Å². The molecule has 0 radical (unpaired) electrons. The van der Waals surface area contributed by atoms with Crippen LogP contribution in [0.2, 0.25) is 0 Å². The van der Waals surface area contributed by atoms with Gasteiger partial charge in [-0.05, 0) is 89.7 Å². The molecule has 0 saturated carbocycles. The number of rotatable bonds is 7. The first-order valence-electron chi connectivity index (χ1n) is 11.4. The van der Waals surface area contributed by atoms with E-state index in [-0.39, 0.29) is 5.82 Å². The van der Waals surface area contributed by atoms with Crippen molar-refractivity contribution < 1.29 is 17.9 Å². The molecule has 0 amide bonds. The maximum Gasteiger partial charge on any atom is 0.159 e. The third-order valence-corrected chi connectivity index (χ3v) is 5.65. The van der Waals surface area contributed by atoms with Crippen LogP contribution in [0.25, 0.3) is 10.8 Å². The van der Waals surface area contributed by atoms with Crippen LogP contribution < -0.4 is 4.74 Å². The average Bonchev–Trinajstić information content (AvgIpc) is 2.84. The van der Waals surface area contributed by atoms with Crippen molar-refractivity contribution >= 4 is 10.8 Å². The van der Waals surface area contributed by atoms with E-state index in [1.807, 2.05) is 30.3 Å². The van der Waals surface area contributed by atoms with Crippen molar-refractivity contribution in [1.82, 2.24) is 0 Å². The predicted octanol–water partition coefficient (Wildman–Crippen LogP) is 7.62. The van der Waals surface area contributed by atoms with E-state index >= 15 is 0 Å². The van der Waals surface area contributed by atoms with E-state index < -0.39 is 11.6 Å². The number of fused-ring (bicyclic) bond motifs is 1. The van der Waals surface area contributed by atoms with E-state index in [0.29, 0.717) is 28.3 Å². The first-order valence-corrected chi connectivity index (χ1v) is 11.4. The summed E-state index contributed by atoms with van der Waals surface area (Å²) >= 11 is 0. The van der Waals surface area contributed by atoms with Crippen molar-refractivity contribution in [1.29, 1.82) is 0 Å². The van der Waals surface area contributed by atoms with Gasteiger partial charge in [-0.3, -0.25) is 0 Å². The minimum absolute atomic E-state index is 0.294. The second-order valence-electron chi connectivity index (χ2n) is 8.24. The first kappa shape index (κ1) is 23.4. The van der Waals surface area contributed by atoms with E-state index in [0.717, 1.165) is 49.3 Å². The van der Waals surface area contributed by atoms with Crippen molar-refractivity contribution in [2.45, 2.75) is 32.6 Å². The Labute approximate surface area is 198 Å². The van der Waals surface area contributed by atoms with Crippen LogP contribution in [-0.2, 0) is 12.8 Å². The van der Waals surface area contributed by atoms with Gasteiger partial charge in [-0.25, -0.2) is 13.2 Å². The zero-order valence-corrected chi connectivity index (χ0v) is 19.0. The van der Waals surface area contributed by atoms with Gasteiger partial charge in [0, 0.05) is 5.56 Å². The second-order valence-corrected chi connectivity index (χ2v) is 8.24. The lowest BCUT2D eigenvalue weighted by atomic mass is 10.0. The SMILES string of the molecule is CCCCOc1ccc(CCc2ccc(C#Cc3ccc4cc(F)c(F)cc4c3)c(F)c2)cc1. The van der Waals surface area contributed by atoms with Crippen LogP contribution in [0, 0.1) is 29.3 Å². The van der Waals surface area contributed by atoms with Gasteiger partial charge in [0.2, 0.25) is 0 Å². The Hall–Kier alpha value is -3.71. The molecule has 0 spiro atoms. The molecule has 0 aliphatic heterocycles. The molecule has 4 aromatic rings. The van der Waals surface area contributed by atoms with Gasteiger partial charge < -0.3 is 4.74 Å². The lowest BCUT2D eigenvalue weighted by Crippen LogP contribution is -1.97. The van der Waals surface area contributed by atoms with Crippen LogP contribution >= 0.6 is 0 Å². The highest BCUT2D eigenvalue weighted by molar-refractivity contribution is 5.84. The fourth-order valence-corrected chi connectivity index (χ4v) is 3.65. The second kappa shape index (κ2) is 10.9. The highest BCUT2D eigenvalue weighted by atomic mass is 19.2. The van der Waals surface area contributed by atoms with Crippen LogP contribution in [0.15, 0.2) is 72.8 Å². The minimum Gasteiger partial charge on any atom is -0.494 e. The Kier molecular flexibility index (Phi) is 7.54. The zero-order valence-electron chi connectivity index (χ0n) is 19.0. The molecular weight excluding hydrogens is 433 g/mol. The van der Waals surface area contributed by atoms with E-state index in [1.165, 1.54) is 11.6 Å². The molecule has 0 unspecified atom stereocenters. The van der Waals surface area contributed by atoms with Gasteiger partial charge in [0.25, 0.3) is 0 Å². The Morgan fingerprint density at radius 2 is 1.38 bits per heavy atom. The van der Waals surface area contributed by atoms with Crippen molar-refractivity contribution in [3.63, 3.8) is 0 Å². The number of hydrogen-bond donors (Lipinski definition) is 0. The van der Waals surface area contributed by atoms with Gasteiger partial charge in [0.1, 0.15) is 11.6 Å². The number of aryl methyl sites for hydroxylation is 2. The quantitative estimate of drug-likeness (QED) is 0.204. The lowest BCUT2D eigenvalue weighted by molar-refractivity contribution is 0.309. The molecule has 4 heteroatoms. The number of hydrogen-bond acceptors (Lipinski definition) is 1. The lowest BCUT2D eigenvalue weighted by Gasteiger charge is -2.07. The first-order chi connectivity index (χ1) is 16.5. The molecule has 0 atom stereocenters. The normalized spacial score (nSPS) is 10.7. The fraction of sp³-hybridized carbons (Fsp3) is 0.200. The summed E-state index contributed by atoms with van der Waals surface area (Å²) < 4.78 is 47.2. The molecule has 0 N–H and O–H groups in total. The van der Waals surface area contributed by atoms with Crippen molar-refractivity contribution in [2.75, 3.05) is 6.61 Å². The van der Waals surface area contributed by atoms with Crippen LogP contribution in [0.5, 0.6) is 5.75 Å². The molecule has 0 aliphatic rings. The number of benzene rings is 4. The minimum atomic E-state index is -0.907. The Morgan fingerprint density at radius 1 is 0.676 bits per heavy atom. The molecule has 4 aromatic carbocycles. The summed E-state index contributed by atoms with van der Waals surface area (Å²) in [6.45, 7) is 2.86. The van der Waals surface area contributed by atoms with Crippen LogP contribution in [-0.4, -0.2) is 6.61 Å². The maximum absolute atomic E-state index is 14.6. The zero-order chi connectivity index (χ0) is 23.9. The molecule has 1 nitrogen and oxygen atoms in total. The van der Waals surface area contributed by atoms with Crippen molar-refractivity contribution in [3.05, 3.63) is 113 Å². The van der Waals surface area contributed by atoms with E-state index in [1.54, 1.807) is 24.3 Å². The van der Waals surface area contributed by atoms with Gasteiger partial charge in [-0.15, -0.1) is 0 Å². The number of ether oxygens (including phenoxy) is 1. The Balaban J connectivity index is 1.39. The molecule has 0 aromatic heterocycles. The van der Waals surface area contributed by atoms with Gasteiger partial charge in [0.05, 0.1) is 12.2 Å². The monoisotopic (exact) mass is 458 g/mol. The Morgan fingerprint density at radius 3 is 2.12 bits per heavy atom. The molecule has 0 bridgehead atoms. The predicted molar refractivity (Wildman–Crippen MR) is 130 cm³/mol. The van der Waals surface area contributed by atoms with Crippen LogP contribution in [0.3, 0.4) is 0 Å². The number of halogens is 3. The number of unbranched alkanes of at least 4 members (excludes halogenated alkanes) is 1. The fourth-order valence-electron chi connectivity index (χ4n) is 3.65. The van der Waals surface area contributed by atoms with Gasteiger partial charge >= 0.3 is 0 Å². The highest BCUT2D eigenvalue weighted by Gasteiger charge is 2.05. The molecule has 0 aliphatic carbocycles. The van der Waals surface area contributed by atoms with E-state index in [4.69, 9.17) is 4.74 Å². The Bertz CT molecular complexity index is 1350. The molecule has 0 heterocycles. The van der Waals surface area contributed by atoms with Crippen molar-refractivity contribution in [2.24, 2.45) is 0 Å². The van der Waals surface area contributed by atoms with E-state index in [2.05, 4.69) is 18.8 Å². The molecular formula is C30H25F3O. The summed E-state index contributed by atoms with van der Waals surface area (Å²) in [7, 11) is 0. The summed E-state index contributed by atoms with van der Waals surface area (Å²) in [4.78, 5) is 0. The largest absolute Gasteiger partial charge is 0.494 e. The van der Waals surface area contributed by atoms with E-state index in [9.17, 15) is 13.2 Å².